The van der Waals surface area contributed by atoms with Crippen molar-refractivity contribution in [2.24, 2.45) is 7.05 Å². The third kappa shape index (κ3) is 2.66. The molecule has 20 heavy (non-hydrogen) atoms. The molecule has 0 saturated heterocycles. The van der Waals surface area contributed by atoms with Gasteiger partial charge in [0.25, 0.3) is 0 Å². The Morgan fingerprint density at radius 2 is 2.25 bits per heavy atom. The average Bonchev–Trinajstić information content (AvgIpc) is 2.84. The van der Waals surface area contributed by atoms with Crippen LogP contribution in [0.3, 0.4) is 0 Å². The van der Waals surface area contributed by atoms with E-state index in [0.717, 1.165) is 30.0 Å². The number of rotatable bonds is 4. The van der Waals surface area contributed by atoms with Crippen LogP contribution < -0.4 is 10.1 Å². The molecule has 0 fully saturated rings. The number of hydrogen-bond acceptors (Lipinski definition) is 3. The molecule has 0 radical (unpaired) electrons. The van der Waals surface area contributed by atoms with Crippen LogP contribution >= 0.6 is 0 Å². The summed E-state index contributed by atoms with van der Waals surface area (Å²) in [5.41, 5.74) is 3.18. The van der Waals surface area contributed by atoms with Gasteiger partial charge in [-0.2, -0.15) is 5.10 Å². The summed E-state index contributed by atoms with van der Waals surface area (Å²) >= 11 is 0. The van der Waals surface area contributed by atoms with Crippen LogP contribution in [0.4, 0.5) is 5.69 Å². The van der Waals surface area contributed by atoms with Gasteiger partial charge in [-0.3, -0.25) is 9.48 Å². The fraction of sp³-hybridized carbons (Fsp3) is 0.333. The van der Waals surface area contributed by atoms with Crippen LogP contribution in [-0.4, -0.2) is 22.3 Å². The van der Waals surface area contributed by atoms with E-state index < -0.39 is 0 Å². The minimum atomic E-state index is 0.0736. The van der Waals surface area contributed by atoms with Gasteiger partial charge in [0.15, 0.2) is 0 Å². The molecule has 1 amide bonds. The number of ether oxygens (including phenoxy) is 1. The molecular weight excluding hydrogens is 254 g/mol. The Bertz CT molecular complexity index is 634. The van der Waals surface area contributed by atoms with Gasteiger partial charge in [0.1, 0.15) is 5.75 Å². The van der Waals surface area contributed by atoms with Gasteiger partial charge in [-0.25, -0.2) is 0 Å². The zero-order chi connectivity index (χ0) is 13.9. The molecule has 0 bridgehead atoms. The van der Waals surface area contributed by atoms with Crippen molar-refractivity contribution in [1.29, 1.82) is 0 Å². The summed E-state index contributed by atoms with van der Waals surface area (Å²) in [6, 6.07) is 7.86. The fourth-order valence-corrected chi connectivity index (χ4v) is 2.36. The van der Waals surface area contributed by atoms with Crippen LogP contribution in [0.5, 0.6) is 5.75 Å². The van der Waals surface area contributed by atoms with E-state index in [1.165, 1.54) is 5.56 Å². The summed E-state index contributed by atoms with van der Waals surface area (Å²) in [5.74, 6) is 0.859. The lowest BCUT2D eigenvalue weighted by molar-refractivity contribution is -0.116. The van der Waals surface area contributed by atoms with Crippen LogP contribution in [0, 0.1) is 0 Å². The Kier molecular flexibility index (Phi) is 3.41. The number of carbonyl (C=O) groups excluding carboxylic acids is 1. The van der Waals surface area contributed by atoms with Gasteiger partial charge >= 0.3 is 0 Å². The number of amides is 1. The summed E-state index contributed by atoms with van der Waals surface area (Å²) < 4.78 is 7.59. The summed E-state index contributed by atoms with van der Waals surface area (Å²) in [5, 5.41) is 7.00. The molecule has 0 spiro atoms. The third-order valence-electron chi connectivity index (χ3n) is 3.53. The molecule has 0 saturated carbocycles. The molecular formula is C15H17N3O2. The first kappa shape index (κ1) is 12.7. The van der Waals surface area contributed by atoms with Gasteiger partial charge in [-0.15, -0.1) is 0 Å². The topological polar surface area (TPSA) is 56.1 Å². The lowest BCUT2D eigenvalue weighted by Gasteiger charge is -2.17. The quantitative estimate of drug-likeness (QED) is 0.924. The Hall–Kier alpha value is -2.30. The minimum absolute atomic E-state index is 0.0736. The third-order valence-corrected chi connectivity index (χ3v) is 3.53. The van der Waals surface area contributed by atoms with Crippen molar-refractivity contribution in [2.75, 3.05) is 11.9 Å². The summed E-state index contributed by atoms with van der Waals surface area (Å²) in [7, 11) is 1.92. The number of anilines is 1. The van der Waals surface area contributed by atoms with E-state index in [-0.39, 0.29) is 5.91 Å². The molecule has 0 aliphatic carbocycles. The van der Waals surface area contributed by atoms with Gasteiger partial charge < -0.3 is 10.1 Å². The Balaban J connectivity index is 1.62. The van der Waals surface area contributed by atoms with Gasteiger partial charge in [0, 0.05) is 43.5 Å². The van der Waals surface area contributed by atoms with Crippen LogP contribution in [0.1, 0.15) is 17.7 Å². The highest BCUT2D eigenvalue weighted by Gasteiger charge is 2.14. The number of nitrogens with one attached hydrogen (secondary N) is 1. The highest BCUT2D eigenvalue weighted by molar-refractivity contribution is 5.94. The smallest absolute Gasteiger partial charge is 0.224 e. The van der Waals surface area contributed by atoms with Crippen molar-refractivity contribution in [2.45, 2.75) is 19.3 Å². The second-order valence-corrected chi connectivity index (χ2v) is 4.91. The van der Waals surface area contributed by atoms with E-state index >= 15 is 0 Å². The largest absolute Gasteiger partial charge is 0.493 e. The monoisotopic (exact) mass is 271 g/mol. The van der Waals surface area contributed by atoms with Gasteiger partial charge in [-0.05, 0) is 24.1 Å². The number of carbonyl (C=O) groups is 1. The second kappa shape index (κ2) is 5.36. The highest BCUT2D eigenvalue weighted by atomic mass is 16.5. The molecule has 5 nitrogen and oxygen atoms in total. The van der Waals surface area contributed by atoms with Crippen molar-refractivity contribution in [3.05, 3.63) is 41.7 Å². The molecule has 1 aliphatic heterocycles. The first-order valence-electron chi connectivity index (χ1n) is 6.75. The highest BCUT2D eigenvalue weighted by Crippen LogP contribution is 2.27. The molecule has 1 aliphatic rings. The maximum Gasteiger partial charge on any atom is 0.224 e. The molecule has 5 heteroatoms. The number of aromatic nitrogens is 2. The molecule has 2 heterocycles. The summed E-state index contributed by atoms with van der Waals surface area (Å²) in [4.78, 5) is 11.4. The first-order chi connectivity index (χ1) is 9.72. The van der Waals surface area contributed by atoms with Crippen LogP contribution in [0.15, 0.2) is 30.5 Å². The first-order valence-corrected chi connectivity index (χ1v) is 6.75. The SMILES string of the molecule is Cn1nccc1CCOc1ccc2c(c1)NC(=O)CC2. The second-order valence-electron chi connectivity index (χ2n) is 4.91. The maximum atomic E-state index is 11.4. The number of benzene rings is 1. The molecule has 1 N–H and O–H groups in total. The molecule has 0 unspecified atom stereocenters. The van der Waals surface area contributed by atoms with Crippen molar-refractivity contribution in [1.82, 2.24) is 9.78 Å². The maximum absolute atomic E-state index is 11.4. The van der Waals surface area contributed by atoms with Crippen LogP contribution in [-0.2, 0) is 24.7 Å². The fourth-order valence-electron chi connectivity index (χ4n) is 2.36. The lowest BCUT2D eigenvalue weighted by Crippen LogP contribution is -2.18. The molecule has 1 aromatic heterocycles. The lowest BCUT2D eigenvalue weighted by atomic mass is 10.0. The van der Waals surface area contributed by atoms with Crippen LogP contribution in [0.2, 0.25) is 0 Å². The predicted octanol–water partition coefficient (Wildman–Crippen LogP) is 1.93. The minimum Gasteiger partial charge on any atom is -0.493 e. The van der Waals surface area contributed by atoms with E-state index in [2.05, 4.69) is 10.4 Å². The molecule has 3 rings (SSSR count). The van der Waals surface area contributed by atoms with Crippen LogP contribution in [0.25, 0.3) is 0 Å². The zero-order valence-electron chi connectivity index (χ0n) is 11.4. The molecule has 0 atom stereocenters. The van der Waals surface area contributed by atoms with Crippen molar-refractivity contribution in [3.8, 4) is 5.75 Å². The van der Waals surface area contributed by atoms with E-state index in [0.29, 0.717) is 13.0 Å². The van der Waals surface area contributed by atoms with E-state index in [1.54, 1.807) is 6.20 Å². The number of nitrogens with zero attached hydrogens (tertiary/aromatic N) is 2. The summed E-state index contributed by atoms with van der Waals surface area (Å²) in [6.45, 7) is 0.590. The van der Waals surface area contributed by atoms with Gasteiger partial charge in [0.2, 0.25) is 5.91 Å². The summed E-state index contributed by atoms with van der Waals surface area (Å²) in [6.07, 6.45) is 3.95. The number of hydrogen-bond donors (Lipinski definition) is 1. The zero-order valence-corrected chi connectivity index (χ0v) is 11.4. The van der Waals surface area contributed by atoms with E-state index in [9.17, 15) is 4.79 Å². The van der Waals surface area contributed by atoms with Crippen molar-refractivity contribution in [3.63, 3.8) is 0 Å². The average molecular weight is 271 g/mol. The number of aryl methyl sites for hydroxylation is 2. The predicted molar refractivity (Wildman–Crippen MR) is 75.8 cm³/mol. The molecule has 2 aromatic rings. The normalized spacial score (nSPS) is 13.8. The standard InChI is InChI=1S/C15H17N3O2/c1-18-12(6-8-16-18)7-9-20-13-4-2-11-3-5-15(19)17-14(11)10-13/h2,4,6,8,10H,3,5,7,9H2,1H3,(H,17,19). The Morgan fingerprint density at radius 1 is 1.35 bits per heavy atom. The van der Waals surface area contributed by atoms with Crippen molar-refractivity contribution < 1.29 is 9.53 Å². The van der Waals surface area contributed by atoms with Gasteiger partial charge in [0.05, 0.1) is 6.61 Å². The van der Waals surface area contributed by atoms with E-state index in [4.69, 9.17) is 4.74 Å². The Labute approximate surface area is 117 Å². The van der Waals surface area contributed by atoms with Crippen molar-refractivity contribution >= 4 is 11.6 Å². The molecule has 104 valence electrons. The number of fused-ring (bicyclic) bond motifs is 1. The van der Waals surface area contributed by atoms with E-state index in [1.807, 2.05) is 36.0 Å². The van der Waals surface area contributed by atoms with Gasteiger partial charge in [-0.1, -0.05) is 6.07 Å². The molecule has 1 aromatic carbocycles. The Morgan fingerprint density at radius 3 is 3.05 bits per heavy atom.